The van der Waals surface area contributed by atoms with Crippen molar-refractivity contribution in [3.63, 3.8) is 0 Å². The molecule has 2 aliphatic rings. The SMILES string of the molecule is CCCCC1[C-]=CC(C(C)(C)C)=C1.C[C](C)=[Zr+2].Cc1[c-]c2c(cc1C(C)(C)C)-c1cc(C(C)(C)C)c(C)cc1C2.[Cl-].[Cl-]. The molecule has 0 nitrogen and oxygen atoms in total. The van der Waals surface area contributed by atoms with Crippen LogP contribution < -0.4 is 24.8 Å². The smallest absolute Gasteiger partial charge is 0.0129 e. The maximum atomic E-state index is 3.69. The zero-order valence-electron chi connectivity index (χ0n) is 29.0. The van der Waals surface area contributed by atoms with Crippen molar-refractivity contribution in [3.05, 3.63) is 81.4 Å². The van der Waals surface area contributed by atoms with Crippen LogP contribution in [0.15, 0.2) is 35.9 Å². The molecule has 0 radical (unpaired) electrons. The normalized spacial score (nSPS) is 15.1. The molecule has 42 heavy (non-hydrogen) atoms. The van der Waals surface area contributed by atoms with E-state index < -0.39 is 0 Å². The zero-order chi connectivity index (χ0) is 30.6. The van der Waals surface area contributed by atoms with E-state index in [1.165, 1.54) is 72.5 Å². The Balaban J connectivity index is 0.000000756. The number of hydrogen-bond acceptors (Lipinski definition) is 0. The first kappa shape index (κ1) is 41.3. The number of halogens is 2. The van der Waals surface area contributed by atoms with E-state index in [0.717, 1.165) is 6.42 Å². The summed E-state index contributed by atoms with van der Waals surface area (Å²) in [5, 5.41) is 0. The van der Waals surface area contributed by atoms with Crippen LogP contribution in [-0.2, 0) is 41.5 Å². The standard InChI is InChI=1S/C23H29.C13H21.C3H6.2ClH.Zr/c1-14-9-16-11-17-10-15(2)21(23(6,7)8)13-19(17)18(16)12-20(14)22(3,4)5;1-5-6-7-11-8-9-12(10-11)13(2,3)4;1-3-2;;;/h9,12-13H,11H2,1-8H3;9-11H,5-7H2,1-4H3;1-2H3;2*1H;/q2*-1;;;;+2/p-2. The second-order valence-electron chi connectivity index (χ2n) is 15.1. The Morgan fingerprint density at radius 3 is 1.81 bits per heavy atom. The number of unbranched alkanes of at least 4 members (excludes halogenated alkanes) is 1. The van der Waals surface area contributed by atoms with Crippen LogP contribution in [0.25, 0.3) is 11.1 Å². The van der Waals surface area contributed by atoms with E-state index in [-0.39, 0.29) is 35.6 Å². The van der Waals surface area contributed by atoms with E-state index in [9.17, 15) is 0 Å². The molecule has 0 amide bonds. The second-order valence-corrected chi connectivity index (χ2v) is 17.6. The van der Waals surface area contributed by atoms with Crippen molar-refractivity contribution < 1.29 is 49.0 Å². The molecule has 3 heteroatoms. The molecule has 0 bridgehead atoms. The molecular weight excluding hydrogens is 631 g/mol. The first-order chi connectivity index (χ1) is 18.3. The number of hydrogen-bond donors (Lipinski definition) is 0. The molecule has 0 N–H and O–H groups in total. The van der Waals surface area contributed by atoms with Gasteiger partial charge in [0.05, 0.1) is 0 Å². The molecule has 1 atom stereocenters. The number of fused-ring (bicyclic) bond motifs is 3. The maximum absolute atomic E-state index is 3.69. The number of aryl methyl sites for hydroxylation is 2. The summed E-state index contributed by atoms with van der Waals surface area (Å²) in [6.45, 7) is 31.5. The van der Waals surface area contributed by atoms with Crippen molar-refractivity contribution in [1.82, 2.24) is 0 Å². The molecule has 0 heterocycles. The van der Waals surface area contributed by atoms with Gasteiger partial charge in [-0.2, -0.15) is 29.3 Å². The summed E-state index contributed by atoms with van der Waals surface area (Å²) < 4.78 is 1.51. The van der Waals surface area contributed by atoms with Crippen LogP contribution in [0.2, 0.25) is 0 Å². The summed E-state index contributed by atoms with van der Waals surface area (Å²) in [5.74, 6) is 0.592. The average Bonchev–Trinajstić information content (AvgIpc) is 3.39. The molecule has 2 aliphatic carbocycles. The second kappa shape index (κ2) is 16.5. The van der Waals surface area contributed by atoms with Crippen LogP contribution in [-0.4, -0.2) is 3.21 Å². The third kappa shape index (κ3) is 11.6. The average molecular weight is 687 g/mol. The maximum Gasteiger partial charge on any atom is -0.0129 e. The topological polar surface area (TPSA) is 0 Å². The predicted octanol–water partition coefficient (Wildman–Crippen LogP) is 5.16. The molecule has 0 fully saturated rings. The van der Waals surface area contributed by atoms with Crippen molar-refractivity contribution in [1.29, 1.82) is 0 Å². The Hall–Kier alpha value is -0.747. The number of benzene rings is 2. The Labute approximate surface area is 287 Å². The zero-order valence-corrected chi connectivity index (χ0v) is 33.0. The number of allylic oxidation sites excluding steroid dienone is 4. The molecule has 0 saturated carbocycles. The van der Waals surface area contributed by atoms with Gasteiger partial charge in [0.2, 0.25) is 0 Å². The summed E-state index contributed by atoms with van der Waals surface area (Å²) in [6, 6.07) is 10.9. The minimum atomic E-state index is 0. The first-order valence-corrected chi connectivity index (χ1v) is 16.5. The molecule has 2 aromatic rings. The molecule has 0 aromatic heterocycles. The molecule has 4 rings (SSSR count). The van der Waals surface area contributed by atoms with Gasteiger partial charge in [-0.05, 0) is 35.4 Å². The number of rotatable bonds is 3. The largest absolute Gasteiger partial charge is 1.00 e. The first-order valence-electron chi connectivity index (χ1n) is 15.3. The van der Waals surface area contributed by atoms with E-state index in [4.69, 9.17) is 0 Å². The van der Waals surface area contributed by atoms with Crippen LogP contribution >= 0.6 is 0 Å². The fourth-order valence-corrected chi connectivity index (χ4v) is 5.59. The Morgan fingerprint density at radius 1 is 0.833 bits per heavy atom. The molecule has 232 valence electrons. The van der Waals surface area contributed by atoms with Gasteiger partial charge in [0.25, 0.3) is 0 Å². The summed E-state index contributed by atoms with van der Waals surface area (Å²) in [7, 11) is 0. The van der Waals surface area contributed by atoms with E-state index in [2.05, 4.69) is 139 Å². The molecule has 0 aliphatic heterocycles. The van der Waals surface area contributed by atoms with Gasteiger partial charge < -0.3 is 24.8 Å². The van der Waals surface area contributed by atoms with Crippen molar-refractivity contribution in [2.24, 2.45) is 11.3 Å². The molecule has 1 unspecified atom stereocenters. The van der Waals surface area contributed by atoms with E-state index in [1.807, 2.05) is 0 Å². The van der Waals surface area contributed by atoms with Gasteiger partial charge in [0.1, 0.15) is 0 Å². The van der Waals surface area contributed by atoms with Crippen LogP contribution in [0.5, 0.6) is 0 Å². The van der Waals surface area contributed by atoms with Crippen LogP contribution in [0, 0.1) is 37.3 Å². The van der Waals surface area contributed by atoms with Gasteiger partial charge in [-0.15, -0.1) is 16.7 Å². The van der Waals surface area contributed by atoms with Gasteiger partial charge >= 0.3 is 41.3 Å². The Bertz CT molecular complexity index is 1190. The van der Waals surface area contributed by atoms with Gasteiger partial charge in [-0.3, -0.25) is 6.08 Å². The van der Waals surface area contributed by atoms with E-state index in [0.29, 0.717) is 11.3 Å². The van der Waals surface area contributed by atoms with Crippen molar-refractivity contribution in [3.8, 4) is 11.1 Å². The Morgan fingerprint density at radius 2 is 1.36 bits per heavy atom. The third-order valence-corrected chi connectivity index (χ3v) is 7.65. The van der Waals surface area contributed by atoms with E-state index in [1.54, 1.807) is 24.2 Å². The quantitative estimate of drug-likeness (QED) is 0.334. The summed E-state index contributed by atoms with van der Waals surface area (Å²) in [4.78, 5) is 0. The Kier molecular flexibility index (Phi) is 16.2. The van der Waals surface area contributed by atoms with Gasteiger partial charge in [-0.25, -0.2) is 6.08 Å². The molecule has 0 spiro atoms. The molecule has 2 aromatic carbocycles. The van der Waals surface area contributed by atoms with Crippen LogP contribution in [0.1, 0.15) is 136 Å². The van der Waals surface area contributed by atoms with Crippen molar-refractivity contribution >= 4 is 3.21 Å². The fraction of sp³-hybridized carbons (Fsp3) is 0.564. The summed E-state index contributed by atoms with van der Waals surface area (Å²) in [6.07, 6.45) is 12.9. The van der Waals surface area contributed by atoms with Crippen LogP contribution in [0.3, 0.4) is 0 Å². The fourth-order valence-electron chi connectivity index (χ4n) is 5.59. The van der Waals surface area contributed by atoms with Crippen molar-refractivity contribution in [2.45, 2.75) is 133 Å². The third-order valence-electron chi connectivity index (χ3n) is 7.65. The molecule has 0 saturated heterocycles. The minimum Gasteiger partial charge on any atom is -1.00 e. The van der Waals surface area contributed by atoms with Crippen LogP contribution in [0.4, 0.5) is 0 Å². The van der Waals surface area contributed by atoms with Gasteiger partial charge in [0, 0.05) is 0 Å². The van der Waals surface area contributed by atoms with E-state index >= 15 is 0 Å². The van der Waals surface area contributed by atoms with Crippen molar-refractivity contribution in [2.75, 3.05) is 0 Å². The summed E-state index contributed by atoms with van der Waals surface area (Å²) >= 11 is 1.55. The van der Waals surface area contributed by atoms with Gasteiger partial charge in [0.15, 0.2) is 0 Å². The predicted molar refractivity (Wildman–Crippen MR) is 175 cm³/mol. The monoisotopic (exact) mass is 684 g/mol. The molecular formula is C39H56Cl2Zr-2. The van der Waals surface area contributed by atoms with Gasteiger partial charge in [-0.1, -0.05) is 130 Å². The summed E-state index contributed by atoms with van der Waals surface area (Å²) in [5.41, 5.74) is 13.4. The minimum absolute atomic E-state index is 0.